The lowest BCUT2D eigenvalue weighted by Crippen LogP contribution is -2.30. The van der Waals surface area contributed by atoms with Crippen molar-refractivity contribution in [2.24, 2.45) is 0 Å². The third-order valence-corrected chi connectivity index (χ3v) is 7.12. The summed E-state index contributed by atoms with van der Waals surface area (Å²) in [6.07, 6.45) is 7.10. The van der Waals surface area contributed by atoms with Crippen LogP contribution in [0.4, 0.5) is 4.39 Å². The van der Waals surface area contributed by atoms with Crippen molar-refractivity contribution in [3.63, 3.8) is 0 Å². The van der Waals surface area contributed by atoms with Crippen LogP contribution in [0.25, 0.3) is 5.78 Å². The molecule has 0 aliphatic carbocycles. The molecule has 0 atom stereocenters. The van der Waals surface area contributed by atoms with E-state index in [4.69, 9.17) is 0 Å². The highest BCUT2D eigenvalue weighted by Crippen LogP contribution is 2.24. The van der Waals surface area contributed by atoms with Gasteiger partial charge in [-0.1, -0.05) is 12.1 Å². The van der Waals surface area contributed by atoms with Crippen LogP contribution in [0.15, 0.2) is 77.0 Å². The van der Waals surface area contributed by atoms with Gasteiger partial charge >= 0.3 is 0 Å². The van der Waals surface area contributed by atoms with Gasteiger partial charge in [0.25, 0.3) is 5.91 Å². The Balaban J connectivity index is 1.47. The second-order valence-corrected chi connectivity index (χ2v) is 10.3. The van der Waals surface area contributed by atoms with E-state index in [1.165, 1.54) is 18.3 Å². The molecule has 0 aliphatic rings. The second kappa shape index (κ2) is 9.75. The SMILES string of the molecule is CC(C)NC(=O)c1cc(S(=O)(=O)c2ccc(CCC(=O)c3cnc4nccn4c3)cc2)ccc1F. The number of carbonyl (C=O) groups excluding carboxylic acids is 2. The second-order valence-electron chi connectivity index (χ2n) is 8.32. The van der Waals surface area contributed by atoms with Gasteiger partial charge in [0, 0.05) is 37.3 Å². The number of ketones is 1. The van der Waals surface area contributed by atoms with E-state index < -0.39 is 21.6 Å². The number of amides is 1. The number of hydrogen-bond donors (Lipinski definition) is 1. The number of fused-ring (bicyclic) bond motifs is 1. The molecule has 1 amide bonds. The Morgan fingerprint density at radius 3 is 2.49 bits per heavy atom. The first-order chi connectivity index (χ1) is 16.6. The van der Waals surface area contributed by atoms with E-state index in [0.717, 1.165) is 23.8 Å². The molecule has 180 valence electrons. The molecule has 2 aromatic heterocycles. The number of imidazole rings is 1. The maximum absolute atomic E-state index is 14.2. The number of carbonyl (C=O) groups is 2. The van der Waals surface area contributed by atoms with Crippen LogP contribution in [-0.4, -0.2) is 40.5 Å². The Hall–Kier alpha value is -3.92. The van der Waals surface area contributed by atoms with Crippen molar-refractivity contribution < 1.29 is 22.4 Å². The van der Waals surface area contributed by atoms with E-state index in [1.54, 1.807) is 49.0 Å². The molecule has 0 spiro atoms. The normalized spacial score (nSPS) is 11.7. The maximum Gasteiger partial charge on any atom is 0.254 e. The lowest BCUT2D eigenvalue weighted by atomic mass is 10.0. The van der Waals surface area contributed by atoms with E-state index in [1.807, 2.05) is 0 Å². The molecule has 0 aliphatic heterocycles. The first kappa shape index (κ1) is 24.2. The predicted molar refractivity (Wildman–Crippen MR) is 127 cm³/mol. The molecule has 0 saturated heterocycles. The van der Waals surface area contributed by atoms with Crippen molar-refractivity contribution in [3.05, 3.63) is 89.8 Å². The molecule has 8 nitrogen and oxygen atoms in total. The monoisotopic (exact) mass is 494 g/mol. The molecule has 0 fully saturated rings. The van der Waals surface area contributed by atoms with E-state index in [9.17, 15) is 22.4 Å². The summed E-state index contributed by atoms with van der Waals surface area (Å²) in [4.78, 5) is 32.8. The van der Waals surface area contributed by atoms with Gasteiger partial charge in [-0.2, -0.15) is 0 Å². The molecule has 0 unspecified atom stereocenters. The zero-order valence-corrected chi connectivity index (χ0v) is 19.9. The van der Waals surface area contributed by atoms with Crippen LogP contribution >= 0.6 is 0 Å². The summed E-state index contributed by atoms with van der Waals surface area (Å²) in [5, 5.41) is 2.56. The van der Waals surface area contributed by atoms with E-state index in [-0.39, 0.29) is 33.6 Å². The first-order valence-corrected chi connectivity index (χ1v) is 12.4. The Bertz CT molecular complexity index is 1510. The zero-order chi connectivity index (χ0) is 25.2. The largest absolute Gasteiger partial charge is 0.350 e. The van der Waals surface area contributed by atoms with Gasteiger partial charge in [-0.05, 0) is 56.2 Å². The van der Waals surface area contributed by atoms with Crippen molar-refractivity contribution in [2.75, 3.05) is 0 Å². The van der Waals surface area contributed by atoms with Gasteiger partial charge in [-0.25, -0.2) is 22.8 Å². The van der Waals surface area contributed by atoms with Crippen molar-refractivity contribution in [2.45, 2.75) is 42.5 Å². The summed E-state index contributed by atoms with van der Waals surface area (Å²) in [5.41, 5.74) is 0.909. The smallest absolute Gasteiger partial charge is 0.254 e. The fourth-order valence-corrected chi connectivity index (χ4v) is 4.81. The molecule has 2 aromatic carbocycles. The lowest BCUT2D eigenvalue weighted by Gasteiger charge is -2.11. The molecule has 0 radical (unpaired) electrons. The zero-order valence-electron chi connectivity index (χ0n) is 19.1. The van der Waals surface area contributed by atoms with Crippen molar-refractivity contribution in [1.29, 1.82) is 0 Å². The molecule has 35 heavy (non-hydrogen) atoms. The van der Waals surface area contributed by atoms with Crippen LogP contribution in [-0.2, 0) is 16.3 Å². The number of nitrogens with one attached hydrogen (secondary N) is 1. The van der Waals surface area contributed by atoms with Crippen LogP contribution in [0, 0.1) is 5.82 Å². The summed E-state index contributed by atoms with van der Waals surface area (Å²) in [6, 6.07) is 9.05. The third-order valence-electron chi connectivity index (χ3n) is 5.35. The van der Waals surface area contributed by atoms with Crippen LogP contribution in [0.3, 0.4) is 0 Å². The van der Waals surface area contributed by atoms with E-state index in [0.29, 0.717) is 17.8 Å². The number of Topliss-reactive ketones (excluding diaryl/α,β-unsaturated/α-hetero) is 1. The summed E-state index contributed by atoms with van der Waals surface area (Å²) in [6.45, 7) is 3.45. The quantitative estimate of drug-likeness (QED) is 0.296. The first-order valence-electron chi connectivity index (χ1n) is 10.9. The predicted octanol–water partition coefficient (Wildman–Crippen LogP) is 3.65. The van der Waals surface area contributed by atoms with Crippen molar-refractivity contribution >= 4 is 27.3 Å². The van der Waals surface area contributed by atoms with Gasteiger partial charge in [0.15, 0.2) is 5.78 Å². The number of benzene rings is 2. The number of rotatable bonds is 8. The van der Waals surface area contributed by atoms with Crippen LogP contribution in [0.1, 0.15) is 46.5 Å². The highest BCUT2D eigenvalue weighted by Gasteiger charge is 2.22. The summed E-state index contributed by atoms with van der Waals surface area (Å²) in [5.74, 6) is -1.07. The third kappa shape index (κ3) is 5.27. The lowest BCUT2D eigenvalue weighted by molar-refractivity contribution is 0.0937. The van der Waals surface area contributed by atoms with Gasteiger partial charge in [-0.3, -0.25) is 14.0 Å². The minimum absolute atomic E-state index is 0.00385. The fraction of sp³-hybridized carbons (Fsp3) is 0.200. The summed E-state index contributed by atoms with van der Waals surface area (Å²) in [7, 11) is -3.98. The molecule has 4 rings (SSSR count). The van der Waals surface area contributed by atoms with Gasteiger partial charge in [0.1, 0.15) is 5.82 Å². The van der Waals surface area contributed by atoms with Crippen LogP contribution in [0.2, 0.25) is 0 Å². The Kier molecular flexibility index (Phi) is 6.74. The van der Waals surface area contributed by atoms with Crippen LogP contribution < -0.4 is 5.32 Å². The van der Waals surface area contributed by atoms with Gasteiger partial charge < -0.3 is 5.32 Å². The number of nitrogens with zero attached hydrogens (tertiary/aromatic N) is 3. The molecular formula is C25H23FN4O4S. The number of halogens is 1. The Morgan fingerprint density at radius 1 is 1.06 bits per heavy atom. The van der Waals surface area contributed by atoms with E-state index in [2.05, 4.69) is 15.3 Å². The number of aromatic nitrogens is 3. The van der Waals surface area contributed by atoms with Crippen molar-refractivity contribution in [1.82, 2.24) is 19.7 Å². The Morgan fingerprint density at radius 2 is 1.77 bits per heavy atom. The summed E-state index contributed by atoms with van der Waals surface area (Å²) >= 11 is 0. The summed E-state index contributed by atoms with van der Waals surface area (Å²) < 4.78 is 42.0. The van der Waals surface area contributed by atoms with Gasteiger partial charge in [0.05, 0.1) is 20.9 Å². The number of aryl methyl sites for hydroxylation is 1. The molecule has 2 heterocycles. The maximum atomic E-state index is 14.2. The van der Waals surface area contributed by atoms with Crippen LogP contribution in [0.5, 0.6) is 0 Å². The molecule has 1 N–H and O–H groups in total. The van der Waals surface area contributed by atoms with Crippen molar-refractivity contribution in [3.8, 4) is 0 Å². The van der Waals surface area contributed by atoms with Gasteiger partial charge in [-0.15, -0.1) is 0 Å². The fourth-order valence-electron chi connectivity index (χ4n) is 3.52. The van der Waals surface area contributed by atoms with E-state index >= 15 is 0 Å². The molecular weight excluding hydrogens is 471 g/mol. The van der Waals surface area contributed by atoms with Gasteiger partial charge in [0.2, 0.25) is 15.6 Å². The topological polar surface area (TPSA) is 110 Å². The molecule has 0 bridgehead atoms. The highest BCUT2D eigenvalue weighted by atomic mass is 32.2. The molecule has 0 saturated carbocycles. The average Bonchev–Trinajstić information content (AvgIpc) is 3.30. The Labute approximate surface area is 201 Å². The number of sulfone groups is 1. The minimum Gasteiger partial charge on any atom is -0.350 e. The standard InChI is InChI=1S/C25H23FN4O4S/c1-16(2)29-24(32)21-13-20(8-9-22(21)26)35(33,34)19-6-3-17(4-7-19)5-10-23(31)18-14-28-25-27-11-12-30(25)15-18/h3-4,6-9,11-16H,5,10H2,1-2H3,(H,29,32). The average molecular weight is 495 g/mol. The number of hydrogen-bond acceptors (Lipinski definition) is 6. The molecule has 4 aromatic rings. The highest BCUT2D eigenvalue weighted by molar-refractivity contribution is 7.91. The molecule has 10 heteroatoms. The minimum atomic E-state index is -3.98.